The van der Waals surface area contributed by atoms with E-state index >= 15 is 0 Å². The molecule has 6 N–H and O–H groups in total. The fourth-order valence-electron chi connectivity index (χ4n) is 8.06. The number of carbonyl (C=O) groups excluding carboxylic acids is 3. The molecule has 61 heavy (non-hydrogen) atoms. The van der Waals surface area contributed by atoms with Crippen LogP contribution in [0.1, 0.15) is 71.4 Å². The van der Waals surface area contributed by atoms with Crippen molar-refractivity contribution in [3.05, 3.63) is 11.9 Å². The van der Waals surface area contributed by atoms with E-state index in [0.717, 1.165) is 0 Å². The lowest BCUT2D eigenvalue weighted by molar-refractivity contribution is -0.345. The van der Waals surface area contributed by atoms with Gasteiger partial charge in [0.05, 0.1) is 75.7 Å². The molecule has 344 valence electrons. The number of alkyl halides is 1. The summed E-state index contributed by atoms with van der Waals surface area (Å²) in [6, 6.07) is 0. The first kappa shape index (κ1) is 48.3. The summed E-state index contributed by atoms with van der Waals surface area (Å²) in [4.78, 5) is 65.3. The summed E-state index contributed by atoms with van der Waals surface area (Å²) in [6.07, 6.45) is -14.5. The molecule has 0 aromatic carbocycles. The maximum Gasteiger partial charge on any atom is 0.335 e. The van der Waals surface area contributed by atoms with Crippen LogP contribution in [0.5, 0.6) is 0 Å². The number of imide groups is 1. The van der Waals surface area contributed by atoms with Crippen LogP contribution in [0.3, 0.4) is 0 Å². The molecule has 22 nitrogen and oxygen atoms in total. The lowest BCUT2D eigenvalue weighted by atomic mass is 9.88. The second-order valence-corrected chi connectivity index (χ2v) is 15.6. The largest absolute Gasteiger partial charge is 0.481 e. The fraction of sp³-hybridized carbons (Fsp3) is 0.816. The third-order valence-electron chi connectivity index (χ3n) is 11.4. The molecule has 5 heterocycles. The van der Waals surface area contributed by atoms with Gasteiger partial charge in [0.15, 0.2) is 24.9 Å². The zero-order chi connectivity index (χ0) is 44.5. The first-order valence-corrected chi connectivity index (χ1v) is 20.7. The van der Waals surface area contributed by atoms with Gasteiger partial charge in [-0.1, -0.05) is 19.1 Å². The summed E-state index contributed by atoms with van der Waals surface area (Å²) in [7, 11) is 0. The molecule has 4 aliphatic rings. The summed E-state index contributed by atoms with van der Waals surface area (Å²) in [5.74, 6) is -4.40. The van der Waals surface area contributed by atoms with E-state index in [1.165, 1.54) is 21.4 Å². The Morgan fingerprint density at radius 3 is 2.16 bits per heavy atom. The Morgan fingerprint density at radius 2 is 1.52 bits per heavy atom. The lowest BCUT2D eigenvalue weighted by Gasteiger charge is -2.44. The molecule has 0 radical (unpaired) electrons. The van der Waals surface area contributed by atoms with E-state index in [2.05, 4.69) is 10.3 Å². The van der Waals surface area contributed by atoms with Crippen LogP contribution in [-0.4, -0.2) is 192 Å². The van der Waals surface area contributed by atoms with Gasteiger partial charge in [0.25, 0.3) is 0 Å². The predicted molar refractivity (Wildman–Crippen MR) is 200 cm³/mol. The lowest BCUT2D eigenvalue weighted by Crippen LogP contribution is -2.64. The molecule has 4 saturated heterocycles. The molecule has 0 aliphatic carbocycles. The number of carbonyl (C=O) groups is 5. The number of aromatic nitrogens is 3. The molecule has 0 spiro atoms. The van der Waals surface area contributed by atoms with Crippen molar-refractivity contribution in [2.45, 2.75) is 152 Å². The van der Waals surface area contributed by atoms with Gasteiger partial charge in [-0.15, -0.1) is 5.10 Å². The van der Waals surface area contributed by atoms with Crippen LogP contribution >= 0.6 is 0 Å². The molecule has 4 unspecified atom stereocenters. The number of rotatable bonds is 23. The van der Waals surface area contributed by atoms with Gasteiger partial charge in [-0.25, -0.2) is 13.9 Å². The highest BCUT2D eigenvalue weighted by Crippen LogP contribution is 2.43. The second kappa shape index (κ2) is 22.0. The minimum Gasteiger partial charge on any atom is -0.481 e. The molecular weight excluding hydrogens is 817 g/mol. The number of unbranched alkanes of at least 4 members (excludes halogenated alkanes) is 2. The van der Waals surface area contributed by atoms with Gasteiger partial charge in [0, 0.05) is 19.5 Å². The molecule has 0 saturated carbocycles. The summed E-state index contributed by atoms with van der Waals surface area (Å²) in [5, 5.41) is 68.1. The third kappa shape index (κ3) is 11.6. The first-order valence-electron chi connectivity index (χ1n) is 20.7. The fourth-order valence-corrected chi connectivity index (χ4v) is 8.06. The Morgan fingerprint density at radius 1 is 0.836 bits per heavy atom. The van der Waals surface area contributed by atoms with E-state index in [0.29, 0.717) is 37.8 Å². The molecule has 4 fully saturated rings. The van der Waals surface area contributed by atoms with Crippen molar-refractivity contribution >= 4 is 29.7 Å². The standard InChI is InChI=1S/C38H58FN5O17/c1-4-21-25-26(22(5-2)59-21)35(53)44(34(25)52)12-8-6-7-11-42(23(45)9-10-24(46)47)17-20-18-43(41-40-20)13-14-56-15-16-57-38-31(51)30(50)32(33(61-38)36(54)55)60-37-27(39)29(49)28(48)19(3)58-37/h18-19,21-22,25-33,37-38,48-51H,4-17H2,1-3H3,(H,46,47)(H,54,55)/t19?,21-,22+,25+,26-,27?,28-,29-,30-,31?,32+,33?,37-,38-/m1/s1. The second-order valence-electron chi connectivity index (χ2n) is 15.6. The number of hydrogen-bond donors (Lipinski definition) is 6. The monoisotopic (exact) mass is 875 g/mol. The highest BCUT2D eigenvalue weighted by Gasteiger charge is 2.58. The minimum absolute atomic E-state index is 0.0570. The summed E-state index contributed by atoms with van der Waals surface area (Å²) in [6.45, 7) is 5.83. The number of amides is 3. The number of carboxylic acids is 2. The molecule has 23 heteroatoms. The topological polar surface area (TPSA) is 299 Å². The van der Waals surface area contributed by atoms with Gasteiger partial charge < -0.3 is 64.0 Å². The van der Waals surface area contributed by atoms with Crippen LogP contribution in [0.4, 0.5) is 4.39 Å². The van der Waals surface area contributed by atoms with Gasteiger partial charge in [0.2, 0.25) is 17.7 Å². The van der Waals surface area contributed by atoms with E-state index in [-0.39, 0.29) is 88.8 Å². The molecule has 1 aromatic heterocycles. The van der Waals surface area contributed by atoms with Crippen molar-refractivity contribution in [1.29, 1.82) is 0 Å². The number of fused-ring (bicyclic) bond motifs is 1. The van der Waals surface area contributed by atoms with Crippen molar-refractivity contribution in [1.82, 2.24) is 24.8 Å². The SMILES string of the molecule is CC[C@@H]1O[C@H](CC)[C@@H]2C(=O)N(CCCCCN(Cc3cn(CCOCCO[C@@H]4OC(C(=O)O)[C@@H](O[C@H]5OC(C)[C@@H](O)[C@H](O)C5F)[C@H](O)C4O)nn3)C(=O)CCC(=O)O)C(=O)[C@@H]21. The Hall–Kier alpha value is -3.78. The van der Waals surface area contributed by atoms with Crippen molar-refractivity contribution in [3.63, 3.8) is 0 Å². The molecule has 14 atom stereocenters. The van der Waals surface area contributed by atoms with Crippen LogP contribution in [0.2, 0.25) is 0 Å². The van der Waals surface area contributed by atoms with Gasteiger partial charge in [0.1, 0.15) is 36.2 Å². The molecular formula is C38H58FN5O17. The highest BCUT2D eigenvalue weighted by atomic mass is 19.1. The van der Waals surface area contributed by atoms with E-state index in [4.69, 9.17) is 33.5 Å². The number of aliphatic carboxylic acids is 2. The summed E-state index contributed by atoms with van der Waals surface area (Å²) >= 11 is 0. The number of hydrogen-bond acceptors (Lipinski definition) is 17. The van der Waals surface area contributed by atoms with Crippen LogP contribution < -0.4 is 0 Å². The quantitative estimate of drug-likeness (QED) is 0.0543. The zero-order valence-corrected chi connectivity index (χ0v) is 34.3. The van der Waals surface area contributed by atoms with E-state index in [1.807, 2.05) is 13.8 Å². The van der Waals surface area contributed by atoms with Crippen LogP contribution in [0.15, 0.2) is 6.20 Å². The van der Waals surface area contributed by atoms with Gasteiger partial charge in [-0.3, -0.25) is 24.1 Å². The molecule has 4 aliphatic heterocycles. The number of nitrogens with zero attached hydrogens (tertiary/aromatic N) is 5. The number of carboxylic acid groups (broad SMARTS) is 2. The van der Waals surface area contributed by atoms with Crippen molar-refractivity contribution < 1.29 is 87.4 Å². The van der Waals surface area contributed by atoms with Crippen molar-refractivity contribution in [2.75, 3.05) is 32.9 Å². The normalized spacial score (nSPS) is 33.9. The maximum atomic E-state index is 14.6. The Balaban J connectivity index is 1.03. The zero-order valence-electron chi connectivity index (χ0n) is 34.3. The maximum absolute atomic E-state index is 14.6. The smallest absolute Gasteiger partial charge is 0.335 e. The number of likely N-dealkylation sites (tertiary alicyclic amines) is 1. The average molecular weight is 876 g/mol. The van der Waals surface area contributed by atoms with Crippen LogP contribution in [-0.2, 0) is 65.5 Å². The van der Waals surface area contributed by atoms with Gasteiger partial charge in [-0.2, -0.15) is 0 Å². The average Bonchev–Trinajstić information content (AvgIpc) is 3.92. The van der Waals surface area contributed by atoms with E-state index in [1.54, 1.807) is 6.20 Å². The number of aliphatic hydroxyl groups excluding tert-OH is 4. The number of aliphatic hydroxyl groups is 4. The summed E-state index contributed by atoms with van der Waals surface area (Å²) in [5.41, 5.74) is 0.433. The first-order chi connectivity index (χ1) is 29.1. The number of ether oxygens (including phenoxy) is 6. The van der Waals surface area contributed by atoms with Crippen LogP contribution in [0.25, 0.3) is 0 Å². The van der Waals surface area contributed by atoms with Crippen molar-refractivity contribution in [3.8, 4) is 0 Å². The number of halogens is 1. The Kier molecular flexibility index (Phi) is 17.4. The molecule has 3 amide bonds. The third-order valence-corrected chi connectivity index (χ3v) is 11.4. The molecule has 0 bridgehead atoms. The minimum atomic E-state index is -2.30. The Labute approximate surface area is 350 Å². The van der Waals surface area contributed by atoms with E-state index in [9.17, 15) is 53.9 Å². The van der Waals surface area contributed by atoms with E-state index < -0.39 is 85.3 Å². The summed E-state index contributed by atoms with van der Waals surface area (Å²) < 4.78 is 48.9. The highest BCUT2D eigenvalue weighted by molar-refractivity contribution is 6.06. The Bertz CT molecular complexity index is 1630. The van der Waals surface area contributed by atoms with Crippen LogP contribution in [0, 0.1) is 11.8 Å². The van der Waals surface area contributed by atoms with Gasteiger partial charge in [-0.05, 0) is 39.0 Å². The predicted octanol–water partition coefficient (Wildman–Crippen LogP) is -1.42. The molecule has 1 aromatic rings. The van der Waals surface area contributed by atoms with Crippen molar-refractivity contribution in [2.24, 2.45) is 11.8 Å². The van der Waals surface area contributed by atoms with Gasteiger partial charge >= 0.3 is 11.9 Å². The molecule has 5 rings (SSSR count).